The monoisotopic (exact) mass is 218 g/mol. The van der Waals surface area contributed by atoms with Gasteiger partial charge < -0.3 is 5.73 Å². The van der Waals surface area contributed by atoms with Gasteiger partial charge in [0.2, 0.25) is 0 Å². The zero-order valence-electron chi connectivity index (χ0n) is 8.01. The molecule has 0 aliphatic rings. The third kappa shape index (κ3) is 2.41. The maximum Gasteiger partial charge on any atom is 0.168 e. The Morgan fingerprint density at radius 2 is 2.33 bits per heavy atom. The first-order valence-electron chi connectivity index (χ1n) is 4.51. The predicted octanol–water partition coefficient (Wildman–Crippen LogP) is 2.15. The first-order valence-corrected chi connectivity index (χ1v) is 5.46. The molecular weight excluding hydrogens is 208 g/mol. The molecule has 0 aromatic carbocycles. The second-order valence-corrected chi connectivity index (χ2v) is 3.98. The van der Waals surface area contributed by atoms with E-state index in [1.54, 1.807) is 18.3 Å². The Hall–Kier alpha value is -1.68. The molecule has 0 aliphatic heterocycles. The second-order valence-electron chi connectivity index (χ2n) is 3.20. The molecule has 76 valence electrons. The Labute approximate surface area is 91.6 Å². The number of aromatic nitrogens is 1. The van der Waals surface area contributed by atoms with Crippen LogP contribution in [-0.2, 0) is 6.42 Å². The van der Waals surface area contributed by atoms with Crippen LogP contribution in [0.15, 0.2) is 35.2 Å². The van der Waals surface area contributed by atoms with Gasteiger partial charge in [-0.2, -0.15) is 11.3 Å². The summed E-state index contributed by atoms with van der Waals surface area (Å²) in [6.45, 7) is 0. The molecule has 0 amide bonds. The Bertz CT molecular complexity index is 465. The van der Waals surface area contributed by atoms with Gasteiger partial charge in [0.1, 0.15) is 5.82 Å². The number of carbonyl (C=O) groups is 1. The van der Waals surface area contributed by atoms with E-state index in [0.29, 0.717) is 12.2 Å². The van der Waals surface area contributed by atoms with E-state index in [1.165, 1.54) is 11.3 Å². The number of nitrogens with zero attached hydrogens (tertiary/aromatic N) is 1. The molecule has 0 saturated carbocycles. The summed E-state index contributed by atoms with van der Waals surface area (Å²) in [6.07, 6.45) is 2.00. The molecular formula is C11H10N2OS. The van der Waals surface area contributed by atoms with Crippen molar-refractivity contribution < 1.29 is 4.79 Å². The minimum atomic E-state index is 0.113. The second kappa shape index (κ2) is 4.23. The highest BCUT2D eigenvalue weighted by Gasteiger charge is 2.07. The Morgan fingerprint density at radius 3 is 3.00 bits per heavy atom. The number of ketones is 1. The first-order chi connectivity index (χ1) is 7.25. The molecule has 2 heterocycles. The number of hydrogen-bond donors (Lipinski definition) is 1. The lowest BCUT2D eigenvalue weighted by atomic mass is 10.1. The van der Waals surface area contributed by atoms with Crippen molar-refractivity contribution in [1.82, 2.24) is 4.98 Å². The van der Waals surface area contributed by atoms with Crippen LogP contribution in [0.2, 0.25) is 0 Å². The zero-order valence-corrected chi connectivity index (χ0v) is 8.83. The molecule has 15 heavy (non-hydrogen) atoms. The summed E-state index contributed by atoms with van der Waals surface area (Å²) in [6, 6.07) is 5.36. The van der Waals surface area contributed by atoms with Gasteiger partial charge in [-0.05, 0) is 29.1 Å². The van der Waals surface area contributed by atoms with Gasteiger partial charge in [-0.25, -0.2) is 4.98 Å². The van der Waals surface area contributed by atoms with Gasteiger partial charge in [0.05, 0.1) is 0 Å². The number of rotatable bonds is 3. The molecule has 4 heteroatoms. The topological polar surface area (TPSA) is 56.0 Å². The quantitative estimate of drug-likeness (QED) is 0.803. The maximum absolute atomic E-state index is 11.7. The van der Waals surface area contributed by atoms with E-state index in [4.69, 9.17) is 5.73 Å². The van der Waals surface area contributed by atoms with Gasteiger partial charge in [-0.1, -0.05) is 0 Å². The number of nitrogen functional groups attached to an aromatic ring is 1. The zero-order chi connectivity index (χ0) is 10.7. The number of hydrogen-bond acceptors (Lipinski definition) is 4. The lowest BCUT2D eigenvalue weighted by Gasteiger charge is -1.99. The summed E-state index contributed by atoms with van der Waals surface area (Å²) >= 11 is 1.52. The van der Waals surface area contributed by atoms with Gasteiger partial charge in [0, 0.05) is 23.6 Å². The summed E-state index contributed by atoms with van der Waals surface area (Å²) in [5, 5.41) is 3.75. The van der Waals surface area contributed by atoms with Crippen molar-refractivity contribution in [3.8, 4) is 0 Å². The average Bonchev–Trinajstić information content (AvgIpc) is 2.70. The molecule has 0 fully saturated rings. The average molecular weight is 218 g/mol. The van der Waals surface area contributed by atoms with Crippen LogP contribution in [0.5, 0.6) is 0 Å². The fourth-order valence-electron chi connectivity index (χ4n) is 1.31. The van der Waals surface area contributed by atoms with Gasteiger partial charge in [0.15, 0.2) is 5.78 Å². The molecule has 0 saturated heterocycles. The summed E-state index contributed by atoms with van der Waals surface area (Å²) in [5.41, 5.74) is 7.19. The van der Waals surface area contributed by atoms with E-state index >= 15 is 0 Å². The smallest absolute Gasteiger partial charge is 0.168 e. The van der Waals surface area contributed by atoms with Crippen LogP contribution in [0.3, 0.4) is 0 Å². The van der Waals surface area contributed by atoms with E-state index in [9.17, 15) is 4.79 Å². The Kier molecular flexibility index (Phi) is 2.78. The highest BCUT2D eigenvalue weighted by atomic mass is 32.1. The molecule has 2 N–H and O–H groups in total. The molecule has 0 aliphatic carbocycles. The van der Waals surface area contributed by atoms with Crippen LogP contribution in [0, 0.1) is 0 Å². The summed E-state index contributed by atoms with van der Waals surface area (Å²) < 4.78 is 0. The molecule has 0 unspecified atom stereocenters. The molecule has 0 radical (unpaired) electrons. The van der Waals surface area contributed by atoms with Crippen molar-refractivity contribution in [2.75, 3.05) is 5.73 Å². The molecule has 2 rings (SSSR count). The molecule has 0 bridgehead atoms. The number of nitrogens with two attached hydrogens (primary N) is 1. The standard InChI is InChI=1S/C11H10N2OS/c12-11-6-8(1-3-13-11)5-10(14)9-2-4-15-7-9/h1-4,6-7H,5H2,(H2,12,13). The lowest BCUT2D eigenvalue weighted by Crippen LogP contribution is -2.02. The summed E-state index contributed by atoms with van der Waals surface area (Å²) in [7, 11) is 0. The summed E-state index contributed by atoms with van der Waals surface area (Å²) in [4.78, 5) is 15.6. The third-order valence-corrected chi connectivity index (χ3v) is 2.74. The Morgan fingerprint density at radius 1 is 1.47 bits per heavy atom. The Balaban J connectivity index is 2.13. The van der Waals surface area contributed by atoms with Crippen LogP contribution in [-0.4, -0.2) is 10.8 Å². The molecule has 2 aromatic rings. The van der Waals surface area contributed by atoms with Crippen molar-refractivity contribution in [2.24, 2.45) is 0 Å². The van der Waals surface area contributed by atoms with Crippen LogP contribution in [0.1, 0.15) is 15.9 Å². The van der Waals surface area contributed by atoms with Crippen molar-refractivity contribution >= 4 is 22.9 Å². The fraction of sp³-hybridized carbons (Fsp3) is 0.0909. The van der Waals surface area contributed by atoms with E-state index in [2.05, 4.69) is 4.98 Å². The van der Waals surface area contributed by atoms with Crippen molar-refractivity contribution in [1.29, 1.82) is 0 Å². The molecule has 0 spiro atoms. The normalized spacial score (nSPS) is 10.1. The lowest BCUT2D eigenvalue weighted by molar-refractivity contribution is 0.0993. The molecule has 2 aromatic heterocycles. The number of carbonyl (C=O) groups excluding carboxylic acids is 1. The van der Waals surface area contributed by atoms with Crippen LogP contribution in [0.25, 0.3) is 0 Å². The largest absolute Gasteiger partial charge is 0.384 e. The highest BCUT2D eigenvalue weighted by molar-refractivity contribution is 7.08. The number of thiophene rings is 1. The van der Waals surface area contributed by atoms with Crippen molar-refractivity contribution in [2.45, 2.75) is 6.42 Å². The minimum Gasteiger partial charge on any atom is -0.384 e. The fourth-order valence-corrected chi connectivity index (χ4v) is 1.98. The van der Waals surface area contributed by atoms with E-state index < -0.39 is 0 Å². The number of Topliss-reactive ketones (excluding diaryl/α,β-unsaturated/α-hetero) is 1. The SMILES string of the molecule is Nc1cc(CC(=O)c2ccsc2)ccn1. The minimum absolute atomic E-state index is 0.113. The van der Waals surface area contributed by atoms with Gasteiger partial charge in [0.25, 0.3) is 0 Å². The third-order valence-electron chi connectivity index (χ3n) is 2.05. The molecule has 3 nitrogen and oxygen atoms in total. The van der Waals surface area contributed by atoms with E-state index in [1.807, 2.05) is 16.8 Å². The van der Waals surface area contributed by atoms with Crippen LogP contribution in [0.4, 0.5) is 5.82 Å². The van der Waals surface area contributed by atoms with Gasteiger partial charge in [-0.15, -0.1) is 0 Å². The van der Waals surface area contributed by atoms with Crippen LogP contribution < -0.4 is 5.73 Å². The van der Waals surface area contributed by atoms with E-state index in [0.717, 1.165) is 11.1 Å². The van der Waals surface area contributed by atoms with Crippen molar-refractivity contribution in [3.05, 3.63) is 46.3 Å². The van der Waals surface area contributed by atoms with Crippen molar-refractivity contribution in [3.63, 3.8) is 0 Å². The van der Waals surface area contributed by atoms with Gasteiger partial charge in [-0.3, -0.25) is 4.79 Å². The highest BCUT2D eigenvalue weighted by Crippen LogP contribution is 2.11. The van der Waals surface area contributed by atoms with Crippen LogP contribution >= 0.6 is 11.3 Å². The predicted molar refractivity (Wildman–Crippen MR) is 61.0 cm³/mol. The van der Waals surface area contributed by atoms with E-state index in [-0.39, 0.29) is 5.78 Å². The maximum atomic E-state index is 11.7. The number of anilines is 1. The molecule has 0 atom stereocenters. The first kappa shape index (κ1) is 9.86. The summed E-state index contributed by atoms with van der Waals surface area (Å²) in [5.74, 6) is 0.562. The van der Waals surface area contributed by atoms with Gasteiger partial charge >= 0.3 is 0 Å². The number of pyridine rings is 1.